The van der Waals surface area contributed by atoms with Crippen molar-refractivity contribution in [3.05, 3.63) is 52.2 Å². The molecule has 20 heavy (non-hydrogen) atoms. The first-order valence-electron chi connectivity index (χ1n) is 6.46. The molecule has 4 N–H and O–H groups in total. The van der Waals surface area contributed by atoms with Crippen LogP contribution in [0.4, 0.5) is 0 Å². The van der Waals surface area contributed by atoms with Gasteiger partial charge in [-0.1, -0.05) is 6.92 Å². The number of carbonyl (C=O) groups is 1. The maximum atomic E-state index is 11.0. The molecule has 0 bridgehead atoms. The van der Waals surface area contributed by atoms with Crippen LogP contribution in [-0.4, -0.2) is 11.9 Å². The predicted molar refractivity (Wildman–Crippen MR) is 80.9 cm³/mol. The number of benzene rings is 1. The SMILES string of the molecule is CCC(N)C(Oc1ccc(C(N)=O)cc1)c1ccsc1. The van der Waals surface area contributed by atoms with Crippen LogP contribution in [0.1, 0.15) is 35.4 Å². The summed E-state index contributed by atoms with van der Waals surface area (Å²) < 4.78 is 5.98. The van der Waals surface area contributed by atoms with Gasteiger partial charge in [-0.2, -0.15) is 11.3 Å². The fourth-order valence-corrected chi connectivity index (χ4v) is 2.58. The molecule has 106 valence electrons. The molecule has 1 amide bonds. The summed E-state index contributed by atoms with van der Waals surface area (Å²) in [6.07, 6.45) is 0.630. The van der Waals surface area contributed by atoms with Crippen LogP contribution in [-0.2, 0) is 0 Å². The van der Waals surface area contributed by atoms with Crippen LogP contribution in [0.2, 0.25) is 0 Å². The van der Waals surface area contributed by atoms with Gasteiger partial charge in [-0.15, -0.1) is 0 Å². The molecule has 0 aliphatic heterocycles. The van der Waals surface area contributed by atoms with Gasteiger partial charge in [0.05, 0.1) is 0 Å². The number of rotatable bonds is 6. The predicted octanol–water partition coefficient (Wildman–Crippen LogP) is 2.70. The van der Waals surface area contributed by atoms with Gasteiger partial charge in [-0.05, 0) is 47.5 Å². The largest absolute Gasteiger partial charge is 0.484 e. The minimum Gasteiger partial charge on any atom is -0.484 e. The number of amides is 1. The van der Waals surface area contributed by atoms with Crippen molar-refractivity contribution in [3.8, 4) is 5.75 Å². The van der Waals surface area contributed by atoms with E-state index < -0.39 is 5.91 Å². The molecule has 0 saturated carbocycles. The number of thiophene rings is 1. The molecule has 0 radical (unpaired) electrons. The van der Waals surface area contributed by atoms with E-state index in [1.165, 1.54) is 0 Å². The van der Waals surface area contributed by atoms with Gasteiger partial charge in [-0.25, -0.2) is 0 Å². The summed E-state index contributed by atoms with van der Waals surface area (Å²) in [6.45, 7) is 2.03. The first-order valence-corrected chi connectivity index (χ1v) is 7.40. The van der Waals surface area contributed by atoms with E-state index in [1.54, 1.807) is 35.6 Å². The quantitative estimate of drug-likeness (QED) is 0.858. The van der Waals surface area contributed by atoms with Crippen molar-refractivity contribution >= 4 is 17.2 Å². The van der Waals surface area contributed by atoms with Gasteiger partial charge in [0.25, 0.3) is 0 Å². The van der Waals surface area contributed by atoms with Gasteiger partial charge >= 0.3 is 0 Å². The fraction of sp³-hybridized carbons (Fsp3) is 0.267. The van der Waals surface area contributed by atoms with E-state index in [4.69, 9.17) is 16.2 Å². The molecule has 1 heterocycles. The van der Waals surface area contributed by atoms with Gasteiger partial charge < -0.3 is 16.2 Å². The Bertz CT molecular complexity index is 552. The number of carbonyl (C=O) groups excluding carboxylic acids is 1. The summed E-state index contributed by atoms with van der Waals surface area (Å²) in [5.41, 5.74) is 12.9. The minimum atomic E-state index is -0.448. The summed E-state index contributed by atoms with van der Waals surface area (Å²) in [5.74, 6) is 0.228. The average Bonchev–Trinajstić information content (AvgIpc) is 2.98. The normalized spacial score (nSPS) is 13.7. The van der Waals surface area contributed by atoms with Crippen molar-refractivity contribution < 1.29 is 9.53 Å². The summed E-state index contributed by atoms with van der Waals surface area (Å²) >= 11 is 1.62. The Morgan fingerprint density at radius 1 is 1.30 bits per heavy atom. The Balaban J connectivity index is 2.17. The van der Waals surface area contributed by atoms with Crippen molar-refractivity contribution in [1.82, 2.24) is 0 Å². The van der Waals surface area contributed by atoms with Gasteiger partial charge in [0, 0.05) is 17.2 Å². The Kier molecular flexibility index (Phi) is 4.76. The van der Waals surface area contributed by atoms with Crippen molar-refractivity contribution in [2.45, 2.75) is 25.5 Å². The number of hydrogen-bond acceptors (Lipinski definition) is 4. The lowest BCUT2D eigenvalue weighted by molar-refractivity contribution is 0.1000. The van der Waals surface area contributed by atoms with Crippen LogP contribution in [0.3, 0.4) is 0 Å². The molecule has 2 aromatic rings. The van der Waals surface area contributed by atoms with E-state index in [9.17, 15) is 4.79 Å². The zero-order valence-corrected chi connectivity index (χ0v) is 12.1. The molecule has 4 nitrogen and oxygen atoms in total. The lowest BCUT2D eigenvalue weighted by Crippen LogP contribution is -2.31. The third-order valence-electron chi connectivity index (χ3n) is 3.13. The molecule has 1 aromatic carbocycles. The zero-order valence-electron chi connectivity index (χ0n) is 11.3. The minimum absolute atomic E-state index is 0.0829. The van der Waals surface area contributed by atoms with Crippen molar-refractivity contribution in [1.29, 1.82) is 0 Å². The first-order chi connectivity index (χ1) is 9.61. The second-order valence-electron chi connectivity index (χ2n) is 4.56. The molecule has 0 spiro atoms. The lowest BCUT2D eigenvalue weighted by atomic mass is 10.0. The molecule has 1 aromatic heterocycles. The topological polar surface area (TPSA) is 78.3 Å². The lowest BCUT2D eigenvalue weighted by Gasteiger charge is -2.23. The van der Waals surface area contributed by atoms with Crippen LogP contribution < -0.4 is 16.2 Å². The third-order valence-corrected chi connectivity index (χ3v) is 3.84. The molecule has 0 saturated heterocycles. The van der Waals surface area contributed by atoms with Crippen LogP contribution in [0.5, 0.6) is 5.75 Å². The molecule has 0 aliphatic rings. The fourth-order valence-electron chi connectivity index (χ4n) is 1.90. The van der Waals surface area contributed by atoms with Crippen LogP contribution in [0, 0.1) is 0 Å². The Morgan fingerprint density at radius 3 is 2.50 bits per heavy atom. The summed E-state index contributed by atoms with van der Waals surface area (Å²) in [4.78, 5) is 11.0. The second kappa shape index (κ2) is 6.54. The maximum absolute atomic E-state index is 11.0. The summed E-state index contributed by atoms with van der Waals surface area (Å²) in [5, 5.41) is 4.04. The number of nitrogens with two attached hydrogens (primary N) is 2. The monoisotopic (exact) mass is 290 g/mol. The third kappa shape index (κ3) is 3.37. The summed E-state index contributed by atoms with van der Waals surface area (Å²) in [7, 11) is 0. The smallest absolute Gasteiger partial charge is 0.248 e. The Hall–Kier alpha value is -1.85. The maximum Gasteiger partial charge on any atom is 0.248 e. The highest BCUT2D eigenvalue weighted by molar-refractivity contribution is 7.07. The Labute approximate surface area is 122 Å². The van der Waals surface area contributed by atoms with E-state index in [1.807, 2.05) is 23.8 Å². The number of primary amides is 1. The summed E-state index contributed by atoms with van der Waals surface area (Å²) in [6, 6.07) is 8.71. The average molecular weight is 290 g/mol. The molecule has 2 atom stereocenters. The highest BCUT2D eigenvalue weighted by Gasteiger charge is 2.21. The van der Waals surface area contributed by atoms with E-state index in [0.29, 0.717) is 11.3 Å². The van der Waals surface area contributed by atoms with Crippen LogP contribution >= 0.6 is 11.3 Å². The molecular formula is C15H18N2O2S. The van der Waals surface area contributed by atoms with E-state index in [-0.39, 0.29) is 12.1 Å². The van der Waals surface area contributed by atoms with Crippen molar-refractivity contribution in [3.63, 3.8) is 0 Å². The molecule has 0 fully saturated rings. The molecular weight excluding hydrogens is 272 g/mol. The van der Waals surface area contributed by atoms with Gasteiger partial charge in [0.1, 0.15) is 11.9 Å². The van der Waals surface area contributed by atoms with E-state index in [0.717, 1.165) is 12.0 Å². The van der Waals surface area contributed by atoms with E-state index >= 15 is 0 Å². The first kappa shape index (κ1) is 14.6. The highest BCUT2D eigenvalue weighted by atomic mass is 32.1. The Morgan fingerprint density at radius 2 is 2.00 bits per heavy atom. The molecule has 2 rings (SSSR count). The van der Waals surface area contributed by atoms with Crippen molar-refractivity contribution in [2.75, 3.05) is 0 Å². The molecule has 5 heteroatoms. The van der Waals surface area contributed by atoms with Gasteiger partial charge in [-0.3, -0.25) is 4.79 Å². The highest BCUT2D eigenvalue weighted by Crippen LogP contribution is 2.27. The number of hydrogen-bond donors (Lipinski definition) is 2. The van der Waals surface area contributed by atoms with Gasteiger partial charge in [0.15, 0.2) is 0 Å². The van der Waals surface area contributed by atoms with Crippen LogP contribution in [0.15, 0.2) is 41.1 Å². The zero-order chi connectivity index (χ0) is 14.5. The second-order valence-corrected chi connectivity index (χ2v) is 5.34. The molecule has 2 unspecified atom stereocenters. The molecule has 0 aliphatic carbocycles. The van der Waals surface area contributed by atoms with Crippen molar-refractivity contribution in [2.24, 2.45) is 11.5 Å². The van der Waals surface area contributed by atoms with E-state index in [2.05, 4.69) is 0 Å². The number of ether oxygens (including phenoxy) is 1. The standard InChI is InChI=1S/C15H18N2O2S/c1-2-13(16)14(11-7-8-20-9-11)19-12-5-3-10(4-6-12)15(17)18/h3-9,13-14H,2,16H2,1H3,(H2,17,18). The van der Waals surface area contributed by atoms with Crippen LogP contribution in [0.25, 0.3) is 0 Å². The van der Waals surface area contributed by atoms with Gasteiger partial charge in [0.2, 0.25) is 5.91 Å².